The van der Waals surface area contributed by atoms with Crippen molar-refractivity contribution in [1.82, 2.24) is 9.47 Å². The molecule has 0 aliphatic carbocycles. The van der Waals surface area contributed by atoms with Gasteiger partial charge in [0, 0.05) is 25.1 Å². The topological polar surface area (TPSA) is 15.3 Å². The van der Waals surface area contributed by atoms with E-state index in [0.29, 0.717) is 6.17 Å². The number of anilines is 1. The highest BCUT2D eigenvalue weighted by Crippen LogP contribution is 2.33. The first-order valence-electron chi connectivity index (χ1n) is 8.99. The molecule has 1 aliphatic heterocycles. The minimum absolute atomic E-state index is 0.318. The number of para-hydroxylation sites is 1. The van der Waals surface area contributed by atoms with Gasteiger partial charge < -0.3 is 9.80 Å². The summed E-state index contributed by atoms with van der Waals surface area (Å²) >= 11 is 0. The first kappa shape index (κ1) is 16.5. The Morgan fingerprint density at radius 1 is 0.962 bits per heavy atom. The molecule has 2 aromatic carbocycles. The van der Waals surface area contributed by atoms with Gasteiger partial charge in [0.2, 0.25) is 0 Å². The average molecular weight is 345 g/mol. The molecule has 4 rings (SSSR count). The smallest absolute Gasteiger partial charge is 0.294 e. The van der Waals surface area contributed by atoms with Crippen LogP contribution < -0.4 is 9.47 Å². The lowest BCUT2D eigenvalue weighted by Gasteiger charge is -2.28. The summed E-state index contributed by atoms with van der Waals surface area (Å²) in [5, 5.41) is 0. The van der Waals surface area contributed by atoms with Crippen molar-refractivity contribution in [2.24, 2.45) is 7.05 Å². The third-order valence-electron chi connectivity index (χ3n) is 5.31. The van der Waals surface area contributed by atoms with Gasteiger partial charge in [-0.3, -0.25) is 0 Å². The van der Waals surface area contributed by atoms with Crippen molar-refractivity contribution in [3.05, 3.63) is 78.9 Å². The summed E-state index contributed by atoms with van der Waals surface area (Å²) in [6, 6.07) is 17.1. The normalized spacial score (nSPS) is 16.5. The van der Waals surface area contributed by atoms with Gasteiger partial charge in [0.25, 0.3) is 5.82 Å². The van der Waals surface area contributed by atoms with E-state index in [1.165, 1.54) is 28.3 Å². The highest BCUT2D eigenvalue weighted by molar-refractivity contribution is 5.71. The number of benzene rings is 2. The van der Waals surface area contributed by atoms with Crippen LogP contribution in [0.25, 0.3) is 17.1 Å². The summed E-state index contributed by atoms with van der Waals surface area (Å²) in [5.74, 6) is 1.18. The summed E-state index contributed by atoms with van der Waals surface area (Å²) in [6.07, 6.45) is 8.85. The molecule has 2 heterocycles. The SMILES string of the molecule is Cc1c(-c2n(-c3ccccc3)cc[n+]2C)cccc1N1C=CN(C)[C@@H]1C. The Morgan fingerprint density at radius 3 is 2.42 bits per heavy atom. The lowest BCUT2D eigenvalue weighted by atomic mass is 10.0. The van der Waals surface area contributed by atoms with Crippen LogP contribution in [0.3, 0.4) is 0 Å². The van der Waals surface area contributed by atoms with E-state index in [0.717, 1.165) is 0 Å². The van der Waals surface area contributed by atoms with Crippen molar-refractivity contribution in [2.45, 2.75) is 20.0 Å². The summed E-state index contributed by atoms with van der Waals surface area (Å²) < 4.78 is 4.44. The van der Waals surface area contributed by atoms with Crippen molar-refractivity contribution < 1.29 is 4.57 Å². The fourth-order valence-electron chi connectivity index (χ4n) is 3.64. The van der Waals surface area contributed by atoms with E-state index in [1.54, 1.807) is 0 Å². The highest BCUT2D eigenvalue weighted by Gasteiger charge is 2.26. The predicted octanol–water partition coefficient (Wildman–Crippen LogP) is 3.85. The Labute approximate surface area is 155 Å². The van der Waals surface area contributed by atoms with Crippen LogP contribution in [-0.4, -0.2) is 22.7 Å². The number of hydrogen-bond acceptors (Lipinski definition) is 2. The van der Waals surface area contributed by atoms with E-state index in [9.17, 15) is 0 Å². The second kappa shape index (κ2) is 6.37. The molecule has 132 valence electrons. The number of aryl methyl sites for hydroxylation is 1. The molecule has 0 saturated heterocycles. The maximum absolute atomic E-state index is 2.33. The Morgan fingerprint density at radius 2 is 1.73 bits per heavy atom. The van der Waals surface area contributed by atoms with Crippen molar-refractivity contribution in [3.8, 4) is 17.1 Å². The molecule has 4 nitrogen and oxygen atoms in total. The molecule has 0 bridgehead atoms. The maximum Gasteiger partial charge on any atom is 0.294 e. The van der Waals surface area contributed by atoms with E-state index in [2.05, 4.69) is 120 Å². The second-order valence-corrected chi connectivity index (χ2v) is 6.89. The minimum atomic E-state index is 0.318. The molecule has 1 aromatic heterocycles. The second-order valence-electron chi connectivity index (χ2n) is 6.89. The van der Waals surface area contributed by atoms with Crippen LogP contribution in [0.2, 0.25) is 0 Å². The number of aromatic nitrogens is 2. The van der Waals surface area contributed by atoms with Gasteiger partial charge in [0.1, 0.15) is 24.2 Å². The van der Waals surface area contributed by atoms with E-state index in [4.69, 9.17) is 0 Å². The van der Waals surface area contributed by atoms with Crippen molar-refractivity contribution in [3.63, 3.8) is 0 Å². The van der Waals surface area contributed by atoms with Crippen LogP contribution in [0.4, 0.5) is 5.69 Å². The molecule has 4 heteroatoms. The molecule has 3 aromatic rings. The molecule has 0 fully saturated rings. The van der Waals surface area contributed by atoms with Crippen LogP contribution >= 0.6 is 0 Å². The van der Waals surface area contributed by atoms with E-state index < -0.39 is 0 Å². The van der Waals surface area contributed by atoms with Gasteiger partial charge in [-0.05, 0) is 43.7 Å². The predicted molar refractivity (Wildman–Crippen MR) is 106 cm³/mol. The first-order chi connectivity index (χ1) is 12.6. The number of nitrogens with zero attached hydrogens (tertiary/aromatic N) is 4. The van der Waals surface area contributed by atoms with E-state index in [-0.39, 0.29) is 0 Å². The Bertz CT molecular complexity index is 956. The summed E-state index contributed by atoms with van der Waals surface area (Å²) in [6.45, 7) is 4.44. The van der Waals surface area contributed by atoms with Gasteiger partial charge >= 0.3 is 0 Å². The average Bonchev–Trinajstić information content (AvgIpc) is 3.19. The Kier molecular flexibility index (Phi) is 4.03. The van der Waals surface area contributed by atoms with Gasteiger partial charge in [-0.1, -0.05) is 24.3 Å². The summed E-state index contributed by atoms with van der Waals surface area (Å²) in [7, 11) is 4.22. The maximum atomic E-state index is 2.33. The summed E-state index contributed by atoms with van der Waals surface area (Å²) in [4.78, 5) is 4.55. The van der Waals surface area contributed by atoms with Crippen LogP contribution in [0.1, 0.15) is 12.5 Å². The van der Waals surface area contributed by atoms with Gasteiger partial charge in [-0.25, -0.2) is 4.57 Å². The van der Waals surface area contributed by atoms with Crippen LogP contribution in [0.5, 0.6) is 0 Å². The lowest BCUT2D eigenvalue weighted by Crippen LogP contribution is -2.34. The quantitative estimate of drug-likeness (QED) is 0.670. The molecule has 0 N–H and O–H groups in total. The fraction of sp³-hybridized carbons (Fsp3) is 0.227. The zero-order valence-corrected chi connectivity index (χ0v) is 15.8. The van der Waals surface area contributed by atoms with E-state index >= 15 is 0 Å². The van der Waals surface area contributed by atoms with Gasteiger partial charge in [-0.15, -0.1) is 0 Å². The van der Waals surface area contributed by atoms with Crippen molar-refractivity contribution in [1.29, 1.82) is 0 Å². The molecular formula is C22H25N4+. The number of imidazole rings is 1. The molecule has 0 spiro atoms. The monoisotopic (exact) mass is 345 g/mol. The molecular weight excluding hydrogens is 320 g/mol. The molecule has 1 atom stereocenters. The van der Waals surface area contributed by atoms with Gasteiger partial charge in [0.05, 0.1) is 12.6 Å². The largest absolute Gasteiger partial charge is 0.359 e. The minimum Gasteiger partial charge on any atom is -0.359 e. The van der Waals surface area contributed by atoms with Crippen LogP contribution in [0, 0.1) is 6.92 Å². The van der Waals surface area contributed by atoms with Crippen LogP contribution in [0.15, 0.2) is 73.3 Å². The van der Waals surface area contributed by atoms with E-state index in [1.807, 2.05) is 0 Å². The number of hydrogen-bond donors (Lipinski definition) is 0. The third kappa shape index (κ3) is 2.58. The fourth-order valence-corrected chi connectivity index (χ4v) is 3.64. The molecule has 26 heavy (non-hydrogen) atoms. The first-order valence-corrected chi connectivity index (χ1v) is 8.99. The Balaban J connectivity index is 1.85. The van der Waals surface area contributed by atoms with Gasteiger partial charge in [0.15, 0.2) is 0 Å². The van der Waals surface area contributed by atoms with Gasteiger partial charge in [-0.2, -0.15) is 4.57 Å². The van der Waals surface area contributed by atoms with Crippen molar-refractivity contribution >= 4 is 5.69 Å². The molecule has 1 aliphatic rings. The zero-order chi connectivity index (χ0) is 18.3. The lowest BCUT2D eigenvalue weighted by molar-refractivity contribution is -0.659. The third-order valence-corrected chi connectivity index (χ3v) is 5.31. The highest BCUT2D eigenvalue weighted by atomic mass is 15.4. The molecule has 0 radical (unpaired) electrons. The zero-order valence-electron chi connectivity index (χ0n) is 15.8. The molecule has 0 amide bonds. The number of rotatable bonds is 3. The van der Waals surface area contributed by atoms with Crippen LogP contribution in [-0.2, 0) is 7.05 Å². The molecule has 0 unspecified atom stereocenters. The van der Waals surface area contributed by atoms with Crippen molar-refractivity contribution in [2.75, 3.05) is 11.9 Å². The Hall–Kier alpha value is -3.01. The summed E-state index contributed by atoms with van der Waals surface area (Å²) in [5.41, 5.74) is 4.94. The molecule has 0 saturated carbocycles. The standard InChI is InChI=1S/C22H25N4/c1-17-20(11-8-12-21(17)25-15-13-23(3)18(25)2)22-24(4)14-16-26(22)19-9-6-5-7-10-19/h5-16,18H,1-4H3/q+1/t18-/m0/s1.